The standard InChI is InChI=1S/2C40H47.C2H7Si.Zr/c2*1-38(2,3)32-11-7-30(8-12-32)34-15-16-35(31-9-13-33(14-10-31)39(4,5)6)37-21-29(20-36(34)37)25-40-22-26-17-27(23-40)19-28(18-26)24-40;1-3-2;/h2*7-16,20-21,26-28H,17-19,22-25H2,1-6H3;3H,1-2H3;. The fourth-order valence-corrected chi connectivity index (χ4v) is 43.2. The van der Waals surface area contributed by atoms with Crippen LogP contribution in [0.5, 0.6) is 0 Å². The molecule has 0 radical (unpaired) electrons. The molecule has 0 heterocycles. The van der Waals surface area contributed by atoms with Crippen molar-refractivity contribution in [3.05, 3.63) is 177 Å². The second-order valence-electron chi connectivity index (χ2n) is 34.4. The van der Waals surface area contributed by atoms with Crippen molar-refractivity contribution in [2.24, 2.45) is 46.3 Å². The average molecular weight is 1210 g/mol. The van der Waals surface area contributed by atoms with Gasteiger partial charge in [-0.1, -0.05) is 0 Å². The molecule has 0 N–H and O–H groups in total. The van der Waals surface area contributed by atoms with Gasteiger partial charge in [-0.2, -0.15) is 0 Å². The van der Waals surface area contributed by atoms with Crippen LogP contribution in [0.25, 0.3) is 56.7 Å². The second kappa shape index (κ2) is 20.8. The van der Waals surface area contributed by atoms with Crippen LogP contribution in [0.1, 0.15) is 225 Å². The van der Waals surface area contributed by atoms with Gasteiger partial charge in [0.2, 0.25) is 0 Å². The summed E-state index contributed by atoms with van der Waals surface area (Å²) < 4.78 is 1.05. The van der Waals surface area contributed by atoms with E-state index in [-0.39, 0.29) is 21.7 Å². The fourth-order valence-electron chi connectivity index (χ4n) is 20.5. The Morgan fingerprint density at radius 3 is 0.821 bits per heavy atom. The zero-order valence-electron chi connectivity index (χ0n) is 54.3. The summed E-state index contributed by atoms with van der Waals surface area (Å²) in [6, 6.07) is 50.3. The Balaban J connectivity index is 1.03. The normalized spacial score (nSPS) is 28.5. The molecule has 10 aliphatic carbocycles. The molecule has 0 aromatic heterocycles. The summed E-state index contributed by atoms with van der Waals surface area (Å²) in [5.74, 6) is 4.24. The molecule has 2 heteroatoms. The molecule has 2 atom stereocenters. The van der Waals surface area contributed by atoms with Crippen molar-refractivity contribution in [2.75, 3.05) is 0 Å². The molecule has 10 aliphatic rings. The van der Waals surface area contributed by atoms with E-state index in [0.29, 0.717) is 18.1 Å². The van der Waals surface area contributed by atoms with Gasteiger partial charge in [-0.3, -0.25) is 0 Å². The molecule has 437 valence electrons. The van der Waals surface area contributed by atoms with Gasteiger partial charge in [0.25, 0.3) is 0 Å². The number of hydrogen-bond donors (Lipinski definition) is 0. The van der Waals surface area contributed by atoms with Crippen molar-refractivity contribution in [1.82, 2.24) is 0 Å². The first-order valence-corrected chi connectivity index (χ1v) is 43.8. The van der Waals surface area contributed by atoms with Crippen molar-refractivity contribution >= 4 is 18.1 Å². The molecule has 84 heavy (non-hydrogen) atoms. The van der Waals surface area contributed by atoms with Gasteiger partial charge in [0.15, 0.2) is 0 Å². The van der Waals surface area contributed by atoms with Crippen molar-refractivity contribution in [2.45, 2.75) is 215 Å². The molecule has 0 amide bonds. The first-order valence-electron chi connectivity index (χ1n) is 33.8. The molecule has 16 rings (SSSR count). The molecular formula is C82H101SiZr. The number of benzene rings is 6. The summed E-state index contributed by atoms with van der Waals surface area (Å²) in [5, 5.41) is 0. The maximum atomic E-state index is 2.95. The van der Waals surface area contributed by atoms with Gasteiger partial charge in [0.05, 0.1) is 0 Å². The zero-order chi connectivity index (χ0) is 58.6. The van der Waals surface area contributed by atoms with Crippen LogP contribution in [-0.2, 0) is 42.6 Å². The molecule has 8 fully saturated rings. The SMILES string of the molecule is C[SiH](C)[Zr]([CH]1C(CC23CC4CC(CC(C4)C2)C3)=Cc2c(-c3ccc(C(C)(C)C)cc3)ccc(-c3ccc(C(C)(C)C)cc3)c21)[CH]1C(CC23CC4CC(CC(C4)C2)C3)=Cc2c(-c3ccc(C(C)(C)C)cc3)ccc(-c3ccc(C(C)(C)C)cc3)c21. The number of allylic oxidation sites excluding steroid dienone is 2. The van der Waals surface area contributed by atoms with E-state index in [1.54, 1.807) is 22.3 Å². The van der Waals surface area contributed by atoms with E-state index >= 15 is 0 Å². The van der Waals surface area contributed by atoms with Gasteiger partial charge in [0.1, 0.15) is 0 Å². The van der Waals surface area contributed by atoms with Crippen molar-refractivity contribution < 1.29 is 20.9 Å². The summed E-state index contributed by atoms with van der Waals surface area (Å²) >= 11 is -2.89. The van der Waals surface area contributed by atoms with Crippen LogP contribution < -0.4 is 0 Å². The van der Waals surface area contributed by atoms with E-state index in [1.165, 1.54) is 157 Å². The predicted molar refractivity (Wildman–Crippen MR) is 360 cm³/mol. The Morgan fingerprint density at radius 2 is 0.583 bits per heavy atom. The predicted octanol–water partition coefficient (Wildman–Crippen LogP) is 22.9. The number of fused-ring (bicyclic) bond motifs is 2. The quantitative estimate of drug-likeness (QED) is 0.113. The molecular weight excluding hydrogens is 1100 g/mol. The molecule has 2 unspecified atom stereocenters. The third kappa shape index (κ3) is 10.5. The van der Waals surface area contributed by atoms with Crippen molar-refractivity contribution in [3.8, 4) is 44.5 Å². The Hall–Kier alpha value is -4.10. The fraction of sp³-hybridized carbons (Fsp3) is 0.512. The second-order valence-corrected chi connectivity index (χ2v) is 54.5. The van der Waals surface area contributed by atoms with E-state index < -0.39 is 26.8 Å². The first-order chi connectivity index (χ1) is 39.8. The van der Waals surface area contributed by atoms with Crippen LogP contribution in [0.15, 0.2) is 132 Å². The van der Waals surface area contributed by atoms with Crippen molar-refractivity contribution in [1.29, 1.82) is 0 Å². The van der Waals surface area contributed by atoms with Gasteiger partial charge in [-0.05, 0) is 0 Å². The van der Waals surface area contributed by atoms with Gasteiger partial charge in [0, 0.05) is 0 Å². The molecule has 0 spiro atoms. The molecule has 0 aliphatic heterocycles. The molecule has 6 aromatic rings. The minimum atomic E-state index is -2.89. The summed E-state index contributed by atoms with van der Waals surface area (Å²) in [5.41, 5.74) is 29.0. The summed E-state index contributed by atoms with van der Waals surface area (Å²) in [6.07, 6.45) is 26.4. The van der Waals surface area contributed by atoms with Crippen LogP contribution in [0.3, 0.4) is 0 Å². The first kappa shape index (κ1) is 57.6. The third-order valence-electron chi connectivity index (χ3n) is 23.6. The number of hydrogen-bond acceptors (Lipinski definition) is 0. The summed E-state index contributed by atoms with van der Waals surface area (Å²) in [6.45, 7) is 34.3. The monoisotopic (exact) mass is 1200 g/mol. The van der Waals surface area contributed by atoms with Crippen LogP contribution in [0.4, 0.5) is 0 Å². The van der Waals surface area contributed by atoms with Gasteiger partial charge in [-0.25, -0.2) is 0 Å². The van der Waals surface area contributed by atoms with Gasteiger partial charge in [-0.15, -0.1) is 0 Å². The third-order valence-corrected chi connectivity index (χ3v) is 45.3. The Labute approximate surface area is 517 Å². The molecule has 0 saturated heterocycles. The van der Waals surface area contributed by atoms with E-state index in [1.807, 2.05) is 11.1 Å². The minimum absolute atomic E-state index is 0.0936. The average Bonchev–Trinajstić information content (AvgIpc) is 2.42. The van der Waals surface area contributed by atoms with Gasteiger partial charge >= 0.3 is 522 Å². The van der Waals surface area contributed by atoms with E-state index in [0.717, 1.165) is 35.5 Å². The Bertz CT molecular complexity index is 3250. The Kier molecular flexibility index (Phi) is 14.2. The van der Waals surface area contributed by atoms with Crippen LogP contribution in [-0.4, -0.2) is 5.92 Å². The summed E-state index contributed by atoms with van der Waals surface area (Å²) in [4.78, 5) is 0. The molecule has 8 bridgehead atoms. The van der Waals surface area contributed by atoms with E-state index in [2.05, 4.69) is 230 Å². The zero-order valence-corrected chi connectivity index (χ0v) is 57.9. The van der Waals surface area contributed by atoms with Crippen molar-refractivity contribution in [3.63, 3.8) is 0 Å². The van der Waals surface area contributed by atoms with Crippen LogP contribution >= 0.6 is 0 Å². The maximum absolute atomic E-state index is 2.95. The van der Waals surface area contributed by atoms with E-state index in [9.17, 15) is 0 Å². The van der Waals surface area contributed by atoms with Crippen LogP contribution in [0, 0.1) is 46.3 Å². The van der Waals surface area contributed by atoms with Gasteiger partial charge < -0.3 is 0 Å². The summed E-state index contributed by atoms with van der Waals surface area (Å²) in [7, 11) is 0. The van der Waals surface area contributed by atoms with Crippen LogP contribution in [0.2, 0.25) is 13.1 Å². The molecule has 0 nitrogen and oxygen atoms in total. The molecule has 8 saturated carbocycles. The Morgan fingerprint density at radius 1 is 0.345 bits per heavy atom. The van der Waals surface area contributed by atoms with E-state index in [4.69, 9.17) is 0 Å². The topological polar surface area (TPSA) is 0 Å². The number of rotatable bonds is 11. The molecule has 6 aromatic carbocycles.